The van der Waals surface area contributed by atoms with E-state index in [1.54, 1.807) is 0 Å². The molecule has 0 aliphatic carbocycles. The van der Waals surface area contributed by atoms with Crippen molar-refractivity contribution in [2.75, 3.05) is 0 Å². The third kappa shape index (κ3) is 8.27. The van der Waals surface area contributed by atoms with Gasteiger partial charge in [0.05, 0.1) is 72.9 Å². The fraction of sp³-hybridized carbons (Fsp3) is 0. The number of para-hydroxylation sites is 3. The summed E-state index contributed by atoms with van der Waals surface area (Å²) in [6.45, 7) is 0. The third-order valence-electron chi connectivity index (χ3n) is 19.2. The van der Waals surface area contributed by atoms with E-state index in [-0.39, 0.29) is 0 Å². The first kappa shape index (κ1) is 52.5. The third-order valence-corrected chi connectivity index (χ3v) is 19.2. The molecule has 0 saturated carbocycles. The molecule has 0 bridgehead atoms. The average molecular weight is 1180 g/mol. The van der Waals surface area contributed by atoms with E-state index in [0.29, 0.717) is 0 Å². The molecule has 14 aromatic carbocycles. The molecule has 5 aromatic heterocycles. The molecule has 0 radical (unpaired) electrons. The summed E-state index contributed by atoms with van der Waals surface area (Å²) in [7, 11) is 0. The minimum absolute atomic E-state index is 0.911. The second-order valence-corrected chi connectivity index (χ2v) is 24.3. The molecule has 0 unspecified atom stereocenters. The van der Waals surface area contributed by atoms with Gasteiger partial charge in [0, 0.05) is 81.9 Å². The van der Waals surface area contributed by atoms with Crippen LogP contribution in [0.25, 0.3) is 182 Å². The molecule has 0 spiro atoms. The highest BCUT2D eigenvalue weighted by Crippen LogP contribution is 2.52. The molecule has 5 heteroatoms. The highest BCUT2D eigenvalue weighted by Gasteiger charge is 2.32. The van der Waals surface area contributed by atoms with Crippen LogP contribution in [0.3, 0.4) is 0 Å². The predicted molar refractivity (Wildman–Crippen MR) is 390 cm³/mol. The van der Waals surface area contributed by atoms with Crippen LogP contribution in [0.1, 0.15) is 0 Å². The quantitative estimate of drug-likeness (QED) is 0.144. The Bertz CT molecular complexity index is 5910. The van der Waals surface area contributed by atoms with Crippen molar-refractivity contribution < 1.29 is 0 Å². The van der Waals surface area contributed by atoms with E-state index in [1.165, 1.54) is 64.6 Å². The Morgan fingerprint density at radius 2 is 0.462 bits per heavy atom. The number of aromatic nitrogens is 5. The summed E-state index contributed by atoms with van der Waals surface area (Å²) in [5, 5.41) is 14.1. The normalized spacial score (nSPS) is 11.9. The van der Waals surface area contributed by atoms with E-state index in [4.69, 9.17) is 9.97 Å². The fourth-order valence-corrected chi connectivity index (χ4v) is 15.0. The minimum Gasteiger partial charge on any atom is -0.306 e. The van der Waals surface area contributed by atoms with Gasteiger partial charge in [0.1, 0.15) is 0 Å². The smallest absolute Gasteiger partial charge is 0.0960 e. The summed E-state index contributed by atoms with van der Waals surface area (Å²) in [5.41, 5.74) is 22.0. The average Bonchev–Trinajstić information content (AvgIpc) is 1.59. The standard InChI is InChI=1S/C88H55N5/c1-3-24-61(25-4-1)76-34-19-36-78(89-76)63-45-41-59(42-46-63)74-55-75(60-43-47-64(48-44-60)79-37-20-35-77(90-79)62-26-5-2-6-27-62)87(92-81-39-17-14-32-69(81)72-53-50-57-22-8-11-29-66(57)84(72)92)88(93-82-40-18-15-33-70(82)73-54-51-58-23-9-12-30-67(58)85(73)93)86(74)91-80-38-16-13-31-68(80)71-52-49-56-21-7-10-28-65(56)83(71)91/h1-55H. The van der Waals surface area contributed by atoms with Gasteiger partial charge in [-0.2, -0.15) is 0 Å². The Hall–Kier alpha value is -12.4. The second kappa shape index (κ2) is 21.1. The lowest BCUT2D eigenvalue weighted by molar-refractivity contribution is 1.06. The summed E-state index contributed by atoms with van der Waals surface area (Å²) in [6.07, 6.45) is 0. The van der Waals surface area contributed by atoms with Crippen molar-refractivity contribution in [1.29, 1.82) is 0 Å². The van der Waals surface area contributed by atoms with Crippen molar-refractivity contribution in [3.63, 3.8) is 0 Å². The van der Waals surface area contributed by atoms with E-state index in [1.807, 2.05) is 0 Å². The first-order chi connectivity index (χ1) is 46.2. The van der Waals surface area contributed by atoms with Gasteiger partial charge in [0.2, 0.25) is 0 Å². The number of hydrogen-bond donors (Lipinski definition) is 0. The minimum atomic E-state index is 0.911. The van der Waals surface area contributed by atoms with Gasteiger partial charge in [-0.3, -0.25) is 0 Å². The number of pyridine rings is 2. The molecule has 93 heavy (non-hydrogen) atoms. The van der Waals surface area contributed by atoms with Crippen LogP contribution in [0.5, 0.6) is 0 Å². The van der Waals surface area contributed by atoms with Crippen LogP contribution in [0.4, 0.5) is 0 Å². The van der Waals surface area contributed by atoms with E-state index in [2.05, 4.69) is 347 Å². The van der Waals surface area contributed by atoms with Gasteiger partial charge in [-0.05, 0) is 75.8 Å². The van der Waals surface area contributed by atoms with Gasteiger partial charge in [-0.15, -0.1) is 0 Å². The molecular weight excluding hydrogens is 1130 g/mol. The molecule has 0 fully saturated rings. The SMILES string of the molecule is c1ccc(-c2cccc(-c3ccc(-c4cc(-c5ccc(-c6cccc(-c7ccccc7)n6)cc5)c(-n5c6ccccc6c6ccc7ccccc7c65)c(-n5c6ccccc6c6ccc7ccccc7c65)c4-n4c5ccccc5c5ccc6ccccc6c54)cc3)n2)cc1. The number of rotatable bonds is 9. The Labute approximate surface area is 536 Å². The Balaban J connectivity index is 1.03. The lowest BCUT2D eigenvalue weighted by atomic mass is 9.91. The first-order valence-electron chi connectivity index (χ1n) is 31.9. The summed E-state index contributed by atoms with van der Waals surface area (Å²) in [5.74, 6) is 0. The fourth-order valence-electron chi connectivity index (χ4n) is 15.0. The summed E-state index contributed by atoms with van der Waals surface area (Å²) < 4.78 is 7.93. The van der Waals surface area contributed by atoms with Crippen molar-refractivity contribution >= 4 is 97.7 Å². The molecule has 5 nitrogen and oxygen atoms in total. The van der Waals surface area contributed by atoms with Gasteiger partial charge in [-0.25, -0.2) is 9.97 Å². The Morgan fingerprint density at radius 3 is 0.817 bits per heavy atom. The van der Waals surface area contributed by atoms with Crippen molar-refractivity contribution in [3.8, 4) is 84.3 Å². The van der Waals surface area contributed by atoms with Gasteiger partial charge in [0.15, 0.2) is 0 Å². The highest BCUT2D eigenvalue weighted by molar-refractivity contribution is 6.24. The predicted octanol–water partition coefficient (Wildman–Crippen LogP) is 23.2. The highest BCUT2D eigenvalue weighted by atomic mass is 15.1. The summed E-state index contributed by atoms with van der Waals surface area (Å²) in [4.78, 5) is 10.6. The maximum atomic E-state index is 5.30. The van der Waals surface area contributed by atoms with E-state index < -0.39 is 0 Å². The molecule has 19 aromatic rings. The van der Waals surface area contributed by atoms with Crippen LogP contribution in [-0.4, -0.2) is 23.7 Å². The van der Waals surface area contributed by atoms with Crippen molar-refractivity contribution in [2.24, 2.45) is 0 Å². The molecule has 5 heterocycles. The van der Waals surface area contributed by atoms with Crippen molar-refractivity contribution in [3.05, 3.63) is 334 Å². The maximum Gasteiger partial charge on any atom is 0.0960 e. The number of nitrogens with zero attached hydrogens (tertiary/aromatic N) is 5. The first-order valence-corrected chi connectivity index (χ1v) is 31.9. The number of fused-ring (bicyclic) bond motifs is 15. The molecule has 0 aliphatic rings. The molecule has 0 aliphatic heterocycles. The monoisotopic (exact) mass is 1180 g/mol. The van der Waals surface area contributed by atoms with Gasteiger partial charge >= 0.3 is 0 Å². The Kier molecular flexibility index (Phi) is 11.9. The van der Waals surface area contributed by atoms with Gasteiger partial charge in [-0.1, -0.05) is 285 Å². The topological polar surface area (TPSA) is 40.6 Å². The Morgan fingerprint density at radius 1 is 0.183 bits per heavy atom. The molecule has 0 atom stereocenters. The number of benzene rings is 14. The van der Waals surface area contributed by atoms with Gasteiger partial charge in [0.25, 0.3) is 0 Å². The largest absolute Gasteiger partial charge is 0.306 e. The van der Waals surface area contributed by atoms with Crippen LogP contribution < -0.4 is 0 Å². The number of hydrogen-bond acceptors (Lipinski definition) is 2. The molecule has 0 saturated heterocycles. The van der Waals surface area contributed by atoms with E-state index in [0.717, 1.165) is 117 Å². The van der Waals surface area contributed by atoms with Crippen LogP contribution in [0.2, 0.25) is 0 Å². The van der Waals surface area contributed by atoms with Crippen LogP contribution in [0, 0.1) is 0 Å². The summed E-state index contributed by atoms with van der Waals surface area (Å²) >= 11 is 0. The summed E-state index contributed by atoms with van der Waals surface area (Å²) in [6, 6.07) is 122. The maximum absolute atomic E-state index is 5.30. The molecule has 19 rings (SSSR count). The zero-order valence-electron chi connectivity index (χ0n) is 50.5. The van der Waals surface area contributed by atoms with Crippen LogP contribution >= 0.6 is 0 Å². The van der Waals surface area contributed by atoms with Crippen molar-refractivity contribution in [1.82, 2.24) is 23.7 Å². The van der Waals surface area contributed by atoms with E-state index in [9.17, 15) is 0 Å². The zero-order valence-corrected chi connectivity index (χ0v) is 50.5. The lowest BCUT2D eigenvalue weighted by Gasteiger charge is -2.28. The van der Waals surface area contributed by atoms with Crippen LogP contribution in [0.15, 0.2) is 334 Å². The van der Waals surface area contributed by atoms with Crippen LogP contribution in [-0.2, 0) is 0 Å². The zero-order chi connectivity index (χ0) is 61.1. The molecule has 432 valence electrons. The van der Waals surface area contributed by atoms with E-state index >= 15 is 0 Å². The molecule has 0 amide bonds. The van der Waals surface area contributed by atoms with Gasteiger partial charge < -0.3 is 13.7 Å². The molecular formula is C88H55N5. The van der Waals surface area contributed by atoms with Crippen molar-refractivity contribution in [2.45, 2.75) is 0 Å². The second-order valence-electron chi connectivity index (χ2n) is 24.3. The lowest BCUT2D eigenvalue weighted by Crippen LogP contribution is -2.13. The molecule has 0 N–H and O–H groups in total.